The van der Waals surface area contributed by atoms with Gasteiger partial charge in [-0.3, -0.25) is 18.5 Å². The molecule has 1 aromatic heterocycles. The first-order valence-corrected chi connectivity index (χ1v) is 10.9. The molecule has 2 N–H and O–H groups in total. The minimum atomic E-state index is -3.77. The van der Waals surface area contributed by atoms with Gasteiger partial charge in [0.15, 0.2) is 0 Å². The van der Waals surface area contributed by atoms with Crippen molar-refractivity contribution in [2.75, 3.05) is 12.4 Å². The van der Waals surface area contributed by atoms with Gasteiger partial charge in [0.25, 0.3) is 15.7 Å². The van der Waals surface area contributed by atoms with Crippen LogP contribution in [0.5, 0.6) is 0 Å². The van der Waals surface area contributed by atoms with E-state index in [1.807, 2.05) is 30.3 Å². The van der Waals surface area contributed by atoms with Crippen LogP contribution in [0.3, 0.4) is 0 Å². The van der Waals surface area contributed by atoms with E-state index in [4.69, 9.17) is 8.92 Å². The smallest absolute Gasteiger partial charge is 0.330 e. The topological polar surface area (TPSA) is 128 Å². The van der Waals surface area contributed by atoms with Gasteiger partial charge in [-0.1, -0.05) is 30.3 Å². The molecule has 9 nitrogen and oxygen atoms in total. The summed E-state index contributed by atoms with van der Waals surface area (Å²) in [6.07, 6.45) is -0.267. The summed E-state index contributed by atoms with van der Waals surface area (Å²) in [6.45, 7) is 1.20. The zero-order valence-electron chi connectivity index (χ0n) is 16.0. The summed E-state index contributed by atoms with van der Waals surface area (Å²) in [5, 5.41) is 10.2. The van der Waals surface area contributed by atoms with Crippen LogP contribution in [0, 0.1) is 6.92 Å². The minimum absolute atomic E-state index is 0.0769. The van der Waals surface area contributed by atoms with Gasteiger partial charge >= 0.3 is 5.69 Å². The van der Waals surface area contributed by atoms with E-state index in [-0.39, 0.29) is 18.8 Å². The summed E-state index contributed by atoms with van der Waals surface area (Å²) < 4.78 is 36.0. The fourth-order valence-electron chi connectivity index (χ4n) is 3.16. The molecular formula is C19H24N2O7S. The largest absolute Gasteiger partial charge is 0.390 e. The predicted molar refractivity (Wildman–Crippen MR) is 105 cm³/mol. The van der Waals surface area contributed by atoms with Gasteiger partial charge in [0, 0.05) is 18.2 Å². The summed E-state index contributed by atoms with van der Waals surface area (Å²) in [5.41, 5.74) is 0.212. The molecular weight excluding hydrogens is 400 g/mol. The Morgan fingerprint density at radius 2 is 2.00 bits per heavy atom. The molecule has 10 heteroatoms. The van der Waals surface area contributed by atoms with Gasteiger partial charge in [-0.25, -0.2) is 4.79 Å². The number of benzene rings is 1. The van der Waals surface area contributed by atoms with E-state index in [2.05, 4.69) is 4.98 Å². The highest BCUT2D eigenvalue weighted by Crippen LogP contribution is 2.28. The first kappa shape index (κ1) is 21.4. The molecule has 1 aliphatic rings. The van der Waals surface area contributed by atoms with E-state index in [1.54, 1.807) is 6.92 Å². The Bertz CT molecular complexity index is 1050. The van der Waals surface area contributed by atoms with Crippen LogP contribution in [0.4, 0.5) is 0 Å². The number of nitrogens with one attached hydrogen (secondary N) is 1. The summed E-state index contributed by atoms with van der Waals surface area (Å²) in [5.74, 6) is -0.146. The van der Waals surface area contributed by atoms with Crippen molar-refractivity contribution in [2.45, 2.75) is 44.6 Å². The standard InChI is InChI=1S/C19H24N2O7S/c1-13-11-21(19(24)20-18(13)23)17-10-15(22)16(28-17)12-27-29(25,26)9-5-8-14-6-3-2-4-7-14/h2-4,6-7,11,15-17,22H,5,8-10,12H2,1H3,(H,20,23,24)/t15?,16-,17-/m1/s1. The lowest BCUT2D eigenvalue weighted by atomic mass is 10.1. The minimum Gasteiger partial charge on any atom is -0.390 e. The highest BCUT2D eigenvalue weighted by molar-refractivity contribution is 7.86. The van der Waals surface area contributed by atoms with E-state index in [0.29, 0.717) is 18.4 Å². The Morgan fingerprint density at radius 1 is 1.28 bits per heavy atom. The van der Waals surface area contributed by atoms with Crippen LogP contribution in [-0.4, -0.2) is 47.6 Å². The van der Waals surface area contributed by atoms with Crippen LogP contribution >= 0.6 is 0 Å². The van der Waals surface area contributed by atoms with Crippen molar-refractivity contribution in [1.29, 1.82) is 0 Å². The SMILES string of the molecule is Cc1cn([C@H]2CC(O)[C@@H](COS(=O)(=O)CCCc3ccccc3)O2)c(=O)[nH]c1=O. The molecule has 0 saturated carbocycles. The van der Waals surface area contributed by atoms with Crippen LogP contribution in [0.25, 0.3) is 0 Å². The van der Waals surface area contributed by atoms with Crippen molar-refractivity contribution in [3.8, 4) is 0 Å². The summed E-state index contributed by atoms with van der Waals surface area (Å²) in [7, 11) is -3.77. The number of hydrogen-bond donors (Lipinski definition) is 2. The highest BCUT2D eigenvalue weighted by Gasteiger charge is 2.36. The quantitative estimate of drug-likeness (QED) is 0.590. The average molecular weight is 424 g/mol. The van der Waals surface area contributed by atoms with Gasteiger partial charge < -0.3 is 9.84 Å². The number of aromatic nitrogens is 2. The molecule has 29 heavy (non-hydrogen) atoms. The first-order chi connectivity index (χ1) is 13.7. The Kier molecular flexibility index (Phi) is 6.68. The summed E-state index contributed by atoms with van der Waals surface area (Å²) in [4.78, 5) is 25.6. The molecule has 0 bridgehead atoms. The fourth-order valence-corrected chi connectivity index (χ4v) is 4.12. The second kappa shape index (κ2) is 9.04. The molecule has 1 aliphatic heterocycles. The molecule has 0 spiro atoms. The third-order valence-corrected chi connectivity index (χ3v) is 6.06. The van der Waals surface area contributed by atoms with Crippen molar-refractivity contribution in [3.63, 3.8) is 0 Å². The highest BCUT2D eigenvalue weighted by atomic mass is 32.2. The maximum absolute atomic E-state index is 12.1. The molecule has 2 heterocycles. The van der Waals surface area contributed by atoms with Gasteiger partial charge in [-0.15, -0.1) is 0 Å². The number of ether oxygens (including phenoxy) is 1. The summed E-state index contributed by atoms with van der Waals surface area (Å²) in [6, 6.07) is 9.54. The Labute approximate surface area is 168 Å². The molecule has 2 aromatic rings. The molecule has 158 valence electrons. The molecule has 1 unspecified atom stereocenters. The van der Waals surface area contributed by atoms with Crippen molar-refractivity contribution >= 4 is 10.1 Å². The number of aliphatic hydroxyl groups is 1. The number of aromatic amines is 1. The second-order valence-electron chi connectivity index (χ2n) is 7.05. The van der Waals surface area contributed by atoms with E-state index in [0.717, 1.165) is 5.56 Å². The lowest BCUT2D eigenvalue weighted by Gasteiger charge is -2.16. The van der Waals surface area contributed by atoms with Crippen LogP contribution in [0.15, 0.2) is 46.1 Å². The van der Waals surface area contributed by atoms with Crippen LogP contribution in [0.1, 0.15) is 30.2 Å². The lowest BCUT2D eigenvalue weighted by molar-refractivity contribution is -0.0400. The van der Waals surface area contributed by atoms with Gasteiger partial charge in [0.05, 0.1) is 18.5 Å². The van der Waals surface area contributed by atoms with Gasteiger partial charge in [-0.05, 0) is 25.3 Å². The Balaban J connectivity index is 1.53. The lowest BCUT2D eigenvalue weighted by Crippen LogP contribution is -2.33. The van der Waals surface area contributed by atoms with Crippen LogP contribution in [0.2, 0.25) is 0 Å². The number of aryl methyl sites for hydroxylation is 2. The van der Waals surface area contributed by atoms with Crippen molar-refractivity contribution in [1.82, 2.24) is 9.55 Å². The average Bonchev–Trinajstić information content (AvgIpc) is 3.04. The van der Waals surface area contributed by atoms with Crippen molar-refractivity contribution in [2.24, 2.45) is 0 Å². The molecule has 3 atom stereocenters. The van der Waals surface area contributed by atoms with E-state index in [1.165, 1.54) is 10.8 Å². The van der Waals surface area contributed by atoms with Gasteiger partial charge in [0.2, 0.25) is 0 Å². The number of nitrogens with zero attached hydrogens (tertiary/aromatic N) is 1. The maximum Gasteiger partial charge on any atom is 0.330 e. The van der Waals surface area contributed by atoms with Crippen molar-refractivity contribution < 1.29 is 22.4 Å². The molecule has 0 radical (unpaired) electrons. The third-order valence-electron chi connectivity index (χ3n) is 4.77. The van der Waals surface area contributed by atoms with Gasteiger partial charge in [-0.2, -0.15) is 8.42 Å². The normalized spacial score (nSPS) is 22.1. The Hall–Kier alpha value is -2.27. The second-order valence-corrected chi connectivity index (χ2v) is 8.81. The maximum atomic E-state index is 12.1. The third kappa shape index (κ3) is 5.63. The molecule has 0 amide bonds. The molecule has 3 rings (SSSR count). The number of hydrogen-bond acceptors (Lipinski definition) is 7. The fraction of sp³-hybridized carbons (Fsp3) is 0.474. The van der Waals surface area contributed by atoms with E-state index < -0.39 is 39.8 Å². The number of aliphatic hydroxyl groups excluding tert-OH is 1. The first-order valence-electron chi connectivity index (χ1n) is 9.32. The van der Waals surface area contributed by atoms with Gasteiger partial charge in [0.1, 0.15) is 12.3 Å². The zero-order valence-corrected chi connectivity index (χ0v) is 16.8. The van der Waals surface area contributed by atoms with Crippen LogP contribution < -0.4 is 11.2 Å². The molecule has 1 fully saturated rings. The van der Waals surface area contributed by atoms with Crippen molar-refractivity contribution in [3.05, 3.63) is 68.5 Å². The summed E-state index contributed by atoms with van der Waals surface area (Å²) >= 11 is 0. The predicted octanol–water partition coefficient (Wildman–Crippen LogP) is 0.473. The van der Waals surface area contributed by atoms with E-state index in [9.17, 15) is 23.1 Å². The number of H-pyrrole nitrogens is 1. The molecule has 1 saturated heterocycles. The van der Waals surface area contributed by atoms with Crippen LogP contribution in [-0.2, 0) is 25.5 Å². The molecule has 1 aromatic carbocycles. The van der Waals surface area contributed by atoms with E-state index >= 15 is 0 Å². The zero-order chi connectivity index (χ0) is 21.0. The Morgan fingerprint density at radius 3 is 2.72 bits per heavy atom. The number of rotatable bonds is 8. The molecule has 0 aliphatic carbocycles. The monoisotopic (exact) mass is 424 g/mol.